The summed E-state index contributed by atoms with van der Waals surface area (Å²) in [6.45, 7) is 1.38. The topological polar surface area (TPSA) is 51.2 Å². The first-order valence-corrected chi connectivity index (χ1v) is 8.07. The van der Waals surface area contributed by atoms with E-state index in [9.17, 15) is 4.79 Å². The molecule has 3 rings (SSSR count). The van der Waals surface area contributed by atoms with E-state index in [1.165, 1.54) is 31.2 Å². The molecule has 1 aromatic heterocycles. The monoisotopic (exact) mass is 288 g/mol. The minimum absolute atomic E-state index is 0.159. The number of carbonyl (C=O) groups excluding carboxylic acids is 1. The molecule has 0 aromatic carbocycles. The zero-order valence-electron chi connectivity index (χ0n) is 12.5. The van der Waals surface area contributed by atoms with Crippen LogP contribution in [0.2, 0.25) is 0 Å². The molecule has 1 N–H and O–H groups in total. The van der Waals surface area contributed by atoms with Crippen LogP contribution in [0.15, 0.2) is 24.5 Å². The molecule has 4 nitrogen and oxygen atoms in total. The predicted octanol–water partition coefficient (Wildman–Crippen LogP) is 2.34. The second-order valence-corrected chi connectivity index (χ2v) is 6.39. The number of hydrogen-bond acceptors (Lipinski definition) is 3. The van der Waals surface area contributed by atoms with Gasteiger partial charge in [0, 0.05) is 24.7 Å². The molecule has 1 saturated heterocycles. The van der Waals surface area contributed by atoms with Crippen molar-refractivity contribution in [2.75, 3.05) is 13.2 Å². The number of aromatic nitrogens is 1. The quantitative estimate of drug-likeness (QED) is 0.904. The molecule has 0 spiro atoms. The molecule has 1 saturated carbocycles. The molecular weight excluding hydrogens is 264 g/mol. The molecule has 21 heavy (non-hydrogen) atoms. The first-order chi connectivity index (χ1) is 10.3. The summed E-state index contributed by atoms with van der Waals surface area (Å²) >= 11 is 0. The van der Waals surface area contributed by atoms with Gasteiger partial charge in [0.25, 0.3) is 0 Å². The van der Waals surface area contributed by atoms with Gasteiger partial charge in [-0.05, 0) is 42.9 Å². The number of nitrogens with one attached hydrogen (secondary N) is 1. The molecule has 1 aliphatic carbocycles. The second kappa shape index (κ2) is 7.03. The van der Waals surface area contributed by atoms with Crippen LogP contribution in [0.25, 0.3) is 0 Å². The molecule has 2 heterocycles. The van der Waals surface area contributed by atoms with Crippen LogP contribution in [-0.2, 0) is 16.0 Å². The summed E-state index contributed by atoms with van der Waals surface area (Å²) < 4.78 is 5.58. The predicted molar refractivity (Wildman–Crippen MR) is 80.8 cm³/mol. The number of ether oxygens (including phenoxy) is 1. The zero-order chi connectivity index (χ0) is 14.5. The molecule has 1 aromatic rings. The van der Waals surface area contributed by atoms with Gasteiger partial charge < -0.3 is 10.1 Å². The summed E-state index contributed by atoms with van der Waals surface area (Å²) in [5, 5.41) is 3.20. The fourth-order valence-corrected chi connectivity index (χ4v) is 3.52. The van der Waals surface area contributed by atoms with Gasteiger partial charge >= 0.3 is 0 Å². The Morgan fingerprint density at radius 2 is 2.00 bits per heavy atom. The van der Waals surface area contributed by atoms with Crippen molar-refractivity contribution in [3.05, 3.63) is 30.1 Å². The van der Waals surface area contributed by atoms with E-state index >= 15 is 0 Å². The van der Waals surface area contributed by atoms with Gasteiger partial charge in [0.15, 0.2) is 0 Å². The Balaban J connectivity index is 1.50. The highest BCUT2D eigenvalue weighted by molar-refractivity contribution is 5.76. The van der Waals surface area contributed by atoms with E-state index in [1.54, 1.807) is 0 Å². The lowest BCUT2D eigenvalue weighted by Gasteiger charge is -2.20. The average Bonchev–Trinajstić information content (AvgIpc) is 3.13. The highest BCUT2D eigenvalue weighted by Crippen LogP contribution is 2.27. The fraction of sp³-hybridized carbons (Fsp3) is 0.647. The summed E-state index contributed by atoms with van der Waals surface area (Å²) in [4.78, 5) is 16.2. The van der Waals surface area contributed by atoms with Crippen molar-refractivity contribution in [1.29, 1.82) is 0 Å². The first-order valence-electron chi connectivity index (χ1n) is 8.07. The Hall–Kier alpha value is -1.42. The van der Waals surface area contributed by atoms with E-state index in [-0.39, 0.29) is 11.9 Å². The van der Waals surface area contributed by atoms with Crippen LogP contribution in [0.3, 0.4) is 0 Å². The summed E-state index contributed by atoms with van der Waals surface area (Å²) in [5.41, 5.74) is 1.26. The molecule has 2 fully saturated rings. The average molecular weight is 288 g/mol. The van der Waals surface area contributed by atoms with Gasteiger partial charge in [-0.25, -0.2) is 0 Å². The molecule has 4 heteroatoms. The second-order valence-electron chi connectivity index (χ2n) is 6.39. The summed E-state index contributed by atoms with van der Waals surface area (Å²) in [6, 6.07) is 4.23. The molecule has 2 aliphatic rings. The third-order valence-corrected chi connectivity index (χ3v) is 4.74. The van der Waals surface area contributed by atoms with Crippen molar-refractivity contribution in [1.82, 2.24) is 10.3 Å². The van der Waals surface area contributed by atoms with E-state index < -0.39 is 0 Å². The van der Waals surface area contributed by atoms with Gasteiger partial charge in [-0.15, -0.1) is 0 Å². The van der Waals surface area contributed by atoms with Crippen molar-refractivity contribution in [3.8, 4) is 0 Å². The lowest BCUT2D eigenvalue weighted by Crippen LogP contribution is -2.41. The van der Waals surface area contributed by atoms with Crippen LogP contribution in [0.4, 0.5) is 0 Å². The molecule has 0 unspecified atom stereocenters. The molecular formula is C17H24N2O2. The number of pyridine rings is 1. The van der Waals surface area contributed by atoms with Crippen molar-refractivity contribution in [3.63, 3.8) is 0 Å². The maximum Gasteiger partial charge on any atom is 0.220 e. The van der Waals surface area contributed by atoms with Crippen LogP contribution in [0.5, 0.6) is 0 Å². The van der Waals surface area contributed by atoms with Crippen LogP contribution in [-0.4, -0.2) is 30.1 Å². The lowest BCUT2D eigenvalue weighted by molar-refractivity contribution is -0.122. The third kappa shape index (κ3) is 4.03. The number of amides is 1. The van der Waals surface area contributed by atoms with Crippen LogP contribution >= 0.6 is 0 Å². The Morgan fingerprint density at radius 1 is 1.24 bits per heavy atom. The smallest absolute Gasteiger partial charge is 0.220 e. The largest absolute Gasteiger partial charge is 0.379 e. The zero-order valence-corrected chi connectivity index (χ0v) is 12.5. The lowest BCUT2D eigenvalue weighted by atomic mass is 9.95. The Bertz CT molecular complexity index is 457. The minimum Gasteiger partial charge on any atom is -0.379 e. The number of carbonyl (C=O) groups is 1. The normalized spacial score (nSPS) is 26.1. The van der Waals surface area contributed by atoms with Gasteiger partial charge in [-0.2, -0.15) is 0 Å². The Kier molecular flexibility index (Phi) is 4.86. The first kappa shape index (κ1) is 14.5. The van der Waals surface area contributed by atoms with Crippen molar-refractivity contribution in [2.45, 2.75) is 44.6 Å². The van der Waals surface area contributed by atoms with Gasteiger partial charge in [-0.3, -0.25) is 9.78 Å². The molecule has 0 bridgehead atoms. The van der Waals surface area contributed by atoms with Gasteiger partial charge in [0.05, 0.1) is 19.3 Å². The summed E-state index contributed by atoms with van der Waals surface area (Å²) in [7, 11) is 0. The van der Waals surface area contributed by atoms with Crippen LogP contribution < -0.4 is 5.32 Å². The van der Waals surface area contributed by atoms with Crippen molar-refractivity contribution >= 4 is 5.91 Å². The Labute approximate surface area is 126 Å². The minimum atomic E-state index is 0.159. The SMILES string of the molecule is O=C(CC1CCCC1)N[C@H]1COC[C@H]1Cc1ccncc1. The number of hydrogen-bond donors (Lipinski definition) is 1. The third-order valence-electron chi connectivity index (χ3n) is 4.74. The van der Waals surface area contributed by atoms with Crippen molar-refractivity contribution in [2.24, 2.45) is 11.8 Å². The van der Waals surface area contributed by atoms with Gasteiger partial charge in [0.1, 0.15) is 0 Å². The molecule has 1 amide bonds. The highest BCUT2D eigenvalue weighted by Gasteiger charge is 2.30. The fourth-order valence-electron chi connectivity index (χ4n) is 3.52. The molecule has 0 radical (unpaired) electrons. The van der Waals surface area contributed by atoms with Gasteiger partial charge in [-0.1, -0.05) is 12.8 Å². The maximum absolute atomic E-state index is 12.2. The Morgan fingerprint density at radius 3 is 2.76 bits per heavy atom. The molecule has 2 atom stereocenters. The van der Waals surface area contributed by atoms with Crippen molar-refractivity contribution < 1.29 is 9.53 Å². The molecule has 1 aliphatic heterocycles. The maximum atomic E-state index is 12.2. The number of rotatable bonds is 5. The summed E-state index contributed by atoms with van der Waals surface area (Å²) in [5.74, 6) is 1.18. The molecule has 114 valence electrons. The van der Waals surface area contributed by atoms with E-state index in [2.05, 4.69) is 10.3 Å². The van der Waals surface area contributed by atoms with E-state index in [0.29, 0.717) is 24.9 Å². The van der Waals surface area contributed by atoms with E-state index in [0.717, 1.165) is 13.0 Å². The highest BCUT2D eigenvalue weighted by atomic mass is 16.5. The number of nitrogens with zero attached hydrogens (tertiary/aromatic N) is 1. The standard InChI is InChI=1S/C17H24N2O2/c20-17(10-13-3-1-2-4-13)19-16-12-21-11-15(16)9-14-5-7-18-8-6-14/h5-8,13,15-16H,1-4,9-12H2,(H,19,20)/t15-,16+/m1/s1. The van der Waals surface area contributed by atoms with Crippen LogP contribution in [0, 0.1) is 11.8 Å². The van der Waals surface area contributed by atoms with Crippen LogP contribution in [0.1, 0.15) is 37.7 Å². The van der Waals surface area contributed by atoms with Gasteiger partial charge in [0.2, 0.25) is 5.91 Å². The van der Waals surface area contributed by atoms with E-state index in [1.807, 2.05) is 24.5 Å². The van der Waals surface area contributed by atoms with E-state index in [4.69, 9.17) is 4.74 Å². The summed E-state index contributed by atoms with van der Waals surface area (Å²) in [6.07, 6.45) is 10.3.